The first-order valence-electron chi connectivity index (χ1n) is 11.5. The van der Waals surface area contributed by atoms with Crippen molar-refractivity contribution in [3.05, 3.63) is 35.9 Å². The Morgan fingerprint density at radius 1 is 1.11 bits per heavy atom. The molecule has 0 bridgehead atoms. The molecule has 0 radical (unpaired) electrons. The lowest BCUT2D eigenvalue weighted by Crippen LogP contribution is -2.71. The normalized spacial score (nSPS) is 25.7. The summed E-state index contributed by atoms with van der Waals surface area (Å²) in [6.45, 7) is 5.67. The zero-order chi connectivity index (χ0) is 26.4. The number of piperazine rings is 1. The second-order valence-corrected chi connectivity index (χ2v) is 11.0. The van der Waals surface area contributed by atoms with Gasteiger partial charge in [-0.25, -0.2) is 9.59 Å². The van der Waals surface area contributed by atoms with Crippen LogP contribution in [0.25, 0.3) is 0 Å². The maximum Gasteiger partial charge on any atom is 0.327 e. The number of hydrogen-bond donors (Lipinski definition) is 3. The van der Waals surface area contributed by atoms with Crippen molar-refractivity contribution in [3.63, 3.8) is 0 Å². The summed E-state index contributed by atoms with van der Waals surface area (Å²) in [5.74, 6) is -4.12. The van der Waals surface area contributed by atoms with Gasteiger partial charge in [-0.15, -0.1) is 11.8 Å². The highest BCUT2D eigenvalue weighted by atomic mass is 32.2. The van der Waals surface area contributed by atoms with E-state index in [4.69, 9.17) is 0 Å². The van der Waals surface area contributed by atoms with Crippen molar-refractivity contribution >= 4 is 47.4 Å². The van der Waals surface area contributed by atoms with Crippen molar-refractivity contribution in [2.45, 2.75) is 49.0 Å². The second-order valence-electron chi connectivity index (χ2n) is 9.22. The Labute approximate surface area is 211 Å². The Bertz CT molecular complexity index is 1130. The molecule has 12 nitrogen and oxygen atoms in total. The lowest BCUT2D eigenvalue weighted by atomic mass is 9.95. The summed E-state index contributed by atoms with van der Waals surface area (Å²) in [6.07, 6.45) is 0. The van der Waals surface area contributed by atoms with E-state index in [2.05, 4.69) is 10.6 Å². The van der Waals surface area contributed by atoms with Crippen LogP contribution in [0.2, 0.25) is 0 Å². The van der Waals surface area contributed by atoms with Crippen molar-refractivity contribution in [2.75, 3.05) is 19.6 Å². The third-order valence-corrected chi connectivity index (χ3v) is 8.14. The first kappa shape index (κ1) is 25.5. The molecule has 3 aliphatic heterocycles. The van der Waals surface area contributed by atoms with E-state index in [9.17, 15) is 33.9 Å². The molecule has 1 aromatic rings. The summed E-state index contributed by atoms with van der Waals surface area (Å²) >= 11 is 1.28. The van der Waals surface area contributed by atoms with Crippen molar-refractivity contribution in [2.24, 2.45) is 0 Å². The molecule has 0 spiro atoms. The van der Waals surface area contributed by atoms with Crippen LogP contribution in [0.5, 0.6) is 0 Å². The van der Waals surface area contributed by atoms with Crippen LogP contribution >= 0.6 is 11.8 Å². The molecular formula is C23H27N5O7S. The molecule has 0 aliphatic carbocycles. The minimum atomic E-state index is -1.26. The molecule has 36 heavy (non-hydrogen) atoms. The van der Waals surface area contributed by atoms with E-state index in [-0.39, 0.29) is 13.1 Å². The Kier molecular flexibility index (Phi) is 6.69. The van der Waals surface area contributed by atoms with E-state index >= 15 is 0 Å². The topological polar surface area (TPSA) is 156 Å². The molecule has 3 aliphatic rings. The predicted octanol–water partition coefficient (Wildman–Crippen LogP) is -0.240. The van der Waals surface area contributed by atoms with Gasteiger partial charge in [-0.2, -0.15) is 0 Å². The summed E-state index contributed by atoms with van der Waals surface area (Å²) in [5.41, 5.74) is 0.403. The van der Waals surface area contributed by atoms with Gasteiger partial charge in [0, 0.05) is 24.4 Å². The Morgan fingerprint density at radius 3 is 2.39 bits per heavy atom. The summed E-state index contributed by atoms with van der Waals surface area (Å²) in [5, 5.41) is 14.2. The van der Waals surface area contributed by atoms with E-state index < -0.39 is 63.9 Å². The first-order valence-corrected chi connectivity index (χ1v) is 12.3. The molecule has 3 fully saturated rings. The molecule has 0 saturated carbocycles. The fraction of sp³-hybridized carbons (Fsp3) is 0.478. The number of urea groups is 1. The largest absolute Gasteiger partial charge is 0.480 e. The third-order valence-electron chi connectivity index (χ3n) is 6.57. The maximum atomic E-state index is 13.3. The minimum Gasteiger partial charge on any atom is -0.480 e. The fourth-order valence-electron chi connectivity index (χ4n) is 4.70. The molecule has 0 unspecified atom stereocenters. The van der Waals surface area contributed by atoms with Crippen LogP contribution in [0.4, 0.5) is 4.79 Å². The number of rotatable bonds is 6. The van der Waals surface area contributed by atoms with E-state index in [0.717, 1.165) is 4.90 Å². The zero-order valence-corrected chi connectivity index (χ0v) is 20.8. The number of aliphatic carboxylic acids is 1. The highest BCUT2D eigenvalue weighted by Gasteiger charge is 2.64. The smallest absolute Gasteiger partial charge is 0.327 e. The standard InChI is InChI=1S/C23H27N5O7S/c1-4-26-10-11-27(19(32)18(26)31)22(35)25-13(12-8-6-5-7-9-12)16(29)24-14-17(30)28-15(21(33)34)23(2,3)36-20(14)28/h5-9,13-15,20H,4,10-11H2,1-3H3,(H,24,29)(H,25,35)(H,33,34)/t13-,14-,15+,20+/m0/s1. The average molecular weight is 518 g/mol. The number of fused-ring (bicyclic) bond motifs is 1. The van der Waals surface area contributed by atoms with Gasteiger partial charge in [0.05, 0.1) is 0 Å². The van der Waals surface area contributed by atoms with E-state index in [1.54, 1.807) is 51.1 Å². The Morgan fingerprint density at radius 2 is 1.78 bits per heavy atom. The number of amides is 6. The van der Waals surface area contributed by atoms with Gasteiger partial charge in [0.1, 0.15) is 23.5 Å². The summed E-state index contributed by atoms with van der Waals surface area (Å²) < 4.78 is -0.758. The van der Waals surface area contributed by atoms with Gasteiger partial charge in [0.15, 0.2) is 0 Å². The number of carbonyl (C=O) groups is 6. The molecule has 4 rings (SSSR count). The lowest BCUT2D eigenvalue weighted by Gasteiger charge is -2.44. The van der Waals surface area contributed by atoms with Crippen LogP contribution in [0.15, 0.2) is 30.3 Å². The first-order chi connectivity index (χ1) is 17.0. The van der Waals surface area contributed by atoms with Gasteiger partial charge in [0.25, 0.3) is 0 Å². The van der Waals surface area contributed by atoms with Crippen molar-refractivity contribution in [1.29, 1.82) is 0 Å². The number of nitrogens with zero attached hydrogens (tertiary/aromatic N) is 3. The van der Waals surface area contributed by atoms with Crippen LogP contribution in [0.1, 0.15) is 32.4 Å². The van der Waals surface area contributed by atoms with E-state index in [0.29, 0.717) is 12.1 Å². The van der Waals surface area contributed by atoms with Gasteiger partial charge >= 0.3 is 23.8 Å². The van der Waals surface area contributed by atoms with Gasteiger partial charge in [-0.1, -0.05) is 30.3 Å². The van der Waals surface area contributed by atoms with Crippen LogP contribution in [0.3, 0.4) is 0 Å². The number of likely N-dealkylation sites (N-methyl/N-ethyl adjacent to an activating group) is 1. The maximum absolute atomic E-state index is 13.3. The molecule has 1 aromatic carbocycles. The molecule has 6 amide bonds. The average Bonchev–Trinajstić information content (AvgIpc) is 3.10. The third kappa shape index (κ3) is 4.27. The molecule has 0 aromatic heterocycles. The number of β-lactam (4-membered cyclic amide) rings is 1. The summed E-state index contributed by atoms with van der Waals surface area (Å²) in [7, 11) is 0. The number of carbonyl (C=O) groups excluding carboxylic acids is 5. The Hall–Kier alpha value is -3.61. The second kappa shape index (κ2) is 9.45. The van der Waals surface area contributed by atoms with E-state index in [1.807, 2.05) is 0 Å². The van der Waals surface area contributed by atoms with Gasteiger partial charge in [-0.05, 0) is 26.3 Å². The summed E-state index contributed by atoms with van der Waals surface area (Å²) in [6, 6.07) is 4.11. The van der Waals surface area contributed by atoms with Gasteiger partial charge in [-0.3, -0.25) is 24.1 Å². The number of imide groups is 1. The summed E-state index contributed by atoms with van der Waals surface area (Å²) in [4.78, 5) is 78.8. The number of carboxylic acids is 1. The highest BCUT2D eigenvalue weighted by Crippen LogP contribution is 2.50. The fourth-order valence-corrected chi connectivity index (χ4v) is 6.32. The Balaban J connectivity index is 1.51. The highest BCUT2D eigenvalue weighted by molar-refractivity contribution is 8.01. The molecular weight excluding hydrogens is 490 g/mol. The number of thioether (sulfide) groups is 1. The van der Waals surface area contributed by atoms with Crippen LogP contribution in [-0.2, 0) is 24.0 Å². The molecule has 192 valence electrons. The number of nitrogens with one attached hydrogen (secondary N) is 2. The molecule has 3 saturated heterocycles. The number of carboxylic acid groups (broad SMARTS) is 1. The minimum absolute atomic E-state index is 0.0200. The monoisotopic (exact) mass is 517 g/mol. The van der Waals surface area contributed by atoms with Crippen molar-refractivity contribution < 1.29 is 33.9 Å². The van der Waals surface area contributed by atoms with Crippen LogP contribution in [0, 0.1) is 0 Å². The quantitative estimate of drug-likeness (QED) is 0.345. The molecule has 3 N–H and O–H groups in total. The van der Waals surface area contributed by atoms with Crippen molar-refractivity contribution in [1.82, 2.24) is 25.3 Å². The zero-order valence-electron chi connectivity index (χ0n) is 20.0. The molecule has 3 heterocycles. The molecule has 13 heteroatoms. The van der Waals surface area contributed by atoms with Crippen LogP contribution in [-0.4, -0.2) is 97.3 Å². The van der Waals surface area contributed by atoms with Crippen LogP contribution < -0.4 is 10.6 Å². The van der Waals surface area contributed by atoms with Gasteiger partial charge in [0.2, 0.25) is 11.8 Å². The van der Waals surface area contributed by atoms with E-state index in [1.165, 1.54) is 21.6 Å². The predicted molar refractivity (Wildman–Crippen MR) is 127 cm³/mol. The van der Waals surface area contributed by atoms with Crippen molar-refractivity contribution in [3.8, 4) is 0 Å². The van der Waals surface area contributed by atoms with Gasteiger partial charge < -0.3 is 25.5 Å². The number of benzene rings is 1. The lowest BCUT2D eigenvalue weighted by molar-refractivity contribution is -0.161. The molecule has 4 atom stereocenters. The number of hydrogen-bond acceptors (Lipinski definition) is 7. The SMILES string of the molecule is CCN1CCN(C(=O)N[C@H](C(=O)N[C@H]2C(=O)N3[C@@H]2SC(C)(C)[C@H]3C(=O)O)c2ccccc2)C(=O)C1=O.